The third-order valence-electron chi connectivity index (χ3n) is 3.16. The van der Waals surface area contributed by atoms with Gasteiger partial charge in [-0.15, -0.1) is 22.9 Å². The molecule has 1 N–H and O–H groups in total. The molecule has 0 aliphatic heterocycles. The number of alkyl halides is 1. The Morgan fingerprint density at radius 2 is 1.86 bits per heavy atom. The Balaban J connectivity index is 0.000000164. The van der Waals surface area contributed by atoms with Crippen molar-refractivity contribution in [1.82, 2.24) is 0 Å². The van der Waals surface area contributed by atoms with Gasteiger partial charge in [0.15, 0.2) is 0 Å². The van der Waals surface area contributed by atoms with Crippen LogP contribution in [0.5, 0.6) is 5.75 Å². The van der Waals surface area contributed by atoms with E-state index < -0.39 is 0 Å². The molecular weight excluding hydrogens is 314 g/mol. The number of aromatic hydroxyl groups is 1. The maximum atomic E-state index is 9.38. The minimum absolute atomic E-state index is 0.249. The van der Waals surface area contributed by atoms with E-state index in [1.165, 1.54) is 16.9 Å². The Hall–Kier alpha value is -2.02. The van der Waals surface area contributed by atoms with Crippen LogP contribution in [0.4, 0.5) is 0 Å². The number of hydrogen-bond acceptors (Lipinski definition) is 3. The topological polar surface area (TPSA) is 44.0 Å². The Morgan fingerprint density at radius 1 is 1.09 bits per heavy atom. The molecule has 3 rings (SSSR count). The number of phenolic OH excluding ortho intramolecular Hbond substituents is 1. The number of fused-ring (bicyclic) bond motifs is 1. The van der Waals surface area contributed by atoms with Crippen molar-refractivity contribution in [2.24, 2.45) is 0 Å². The van der Waals surface area contributed by atoms with Gasteiger partial charge < -0.3 is 5.11 Å². The first-order valence-electron chi connectivity index (χ1n) is 6.95. The lowest BCUT2D eigenvalue weighted by Crippen LogP contribution is -1.83. The van der Waals surface area contributed by atoms with Crippen molar-refractivity contribution in [2.75, 3.05) is 5.88 Å². The van der Waals surface area contributed by atoms with Gasteiger partial charge in [0, 0.05) is 11.3 Å². The predicted octanol–water partition coefficient (Wildman–Crippen LogP) is 5.34. The highest BCUT2D eigenvalue weighted by Gasteiger charge is 2.04. The molecule has 0 amide bonds. The molecule has 22 heavy (non-hydrogen) atoms. The molecule has 0 spiro atoms. The molecule has 0 saturated carbocycles. The number of phenols is 1. The van der Waals surface area contributed by atoms with Gasteiger partial charge in [-0.2, -0.15) is 5.26 Å². The molecule has 0 saturated heterocycles. The van der Waals surface area contributed by atoms with Gasteiger partial charge in [0.25, 0.3) is 0 Å². The van der Waals surface area contributed by atoms with Gasteiger partial charge in [0.1, 0.15) is 5.75 Å². The first kappa shape index (κ1) is 16.4. The van der Waals surface area contributed by atoms with Gasteiger partial charge in [-0.3, -0.25) is 0 Å². The van der Waals surface area contributed by atoms with Crippen molar-refractivity contribution in [3.8, 4) is 11.8 Å². The SMILES string of the molecule is ClCCCc1ccccc1.N#Cc1ccc(O)c2sccc12. The summed E-state index contributed by atoms with van der Waals surface area (Å²) in [5.41, 5.74) is 1.99. The van der Waals surface area contributed by atoms with Crippen LogP contribution >= 0.6 is 22.9 Å². The van der Waals surface area contributed by atoms with E-state index in [1.54, 1.807) is 12.1 Å². The number of benzene rings is 2. The molecule has 4 heteroatoms. The lowest BCUT2D eigenvalue weighted by Gasteiger charge is -1.95. The van der Waals surface area contributed by atoms with E-state index in [2.05, 4.69) is 30.3 Å². The maximum Gasteiger partial charge on any atom is 0.133 e. The Morgan fingerprint density at radius 3 is 2.55 bits per heavy atom. The van der Waals surface area contributed by atoms with Gasteiger partial charge in [0.2, 0.25) is 0 Å². The molecule has 3 aromatic rings. The lowest BCUT2D eigenvalue weighted by atomic mass is 10.1. The van der Waals surface area contributed by atoms with Gasteiger partial charge in [-0.05, 0) is 42.0 Å². The zero-order valence-corrected chi connectivity index (χ0v) is 13.6. The normalized spacial score (nSPS) is 9.82. The number of nitrogens with zero attached hydrogens (tertiary/aromatic N) is 1. The monoisotopic (exact) mass is 329 g/mol. The Labute approximate surface area is 139 Å². The summed E-state index contributed by atoms with van der Waals surface area (Å²) in [6, 6.07) is 17.5. The largest absolute Gasteiger partial charge is 0.506 e. The molecule has 1 aromatic heterocycles. The quantitative estimate of drug-likeness (QED) is 0.659. The van der Waals surface area contributed by atoms with Crippen LogP contribution < -0.4 is 0 Å². The van der Waals surface area contributed by atoms with Gasteiger partial charge in [-0.1, -0.05) is 30.3 Å². The number of hydrogen-bond donors (Lipinski definition) is 1. The van der Waals surface area contributed by atoms with Crippen LogP contribution in [0.2, 0.25) is 0 Å². The highest BCUT2D eigenvalue weighted by Crippen LogP contribution is 2.31. The second-order valence-electron chi connectivity index (χ2n) is 4.69. The van der Waals surface area contributed by atoms with Crippen molar-refractivity contribution in [3.05, 3.63) is 65.0 Å². The van der Waals surface area contributed by atoms with Crippen LogP contribution in [0, 0.1) is 11.3 Å². The van der Waals surface area contributed by atoms with Crippen LogP contribution in [-0.2, 0) is 6.42 Å². The molecule has 112 valence electrons. The smallest absolute Gasteiger partial charge is 0.133 e. The number of thiophene rings is 1. The number of aryl methyl sites for hydroxylation is 1. The van der Waals surface area contributed by atoms with Crippen LogP contribution in [0.3, 0.4) is 0 Å². The molecule has 2 nitrogen and oxygen atoms in total. The van der Waals surface area contributed by atoms with E-state index in [0.29, 0.717) is 5.56 Å². The van der Waals surface area contributed by atoms with E-state index in [-0.39, 0.29) is 5.75 Å². The molecule has 0 bridgehead atoms. The zero-order valence-electron chi connectivity index (χ0n) is 12.0. The summed E-state index contributed by atoms with van der Waals surface area (Å²) in [4.78, 5) is 0. The number of halogens is 1. The number of rotatable bonds is 3. The first-order chi connectivity index (χ1) is 10.8. The van der Waals surface area contributed by atoms with Crippen LogP contribution in [-0.4, -0.2) is 11.0 Å². The van der Waals surface area contributed by atoms with E-state index in [4.69, 9.17) is 16.9 Å². The van der Waals surface area contributed by atoms with Crippen LogP contribution in [0.1, 0.15) is 17.5 Å². The van der Waals surface area contributed by atoms with Crippen LogP contribution in [0.25, 0.3) is 10.1 Å². The van der Waals surface area contributed by atoms with Crippen molar-refractivity contribution in [1.29, 1.82) is 5.26 Å². The molecule has 0 aliphatic rings. The summed E-state index contributed by atoms with van der Waals surface area (Å²) in [7, 11) is 0. The third kappa shape index (κ3) is 4.24. The molecule has 0 radical (unpaired) electrons. The second kappa shape index (κ2) is 8.43. The van der Waals surface area contributed by atoms with Gasteiger partial charge in [-0.25, -0.2) is 0 Å². The summed E-state index contributed by atoms with van der Waals surface area (Å²) >= 11 is 6.99. The molecule has 0 atom stereocenters. The van der Waals surface area contributed by atoms with Gasteiger partial charge >= 0.3 is 0 Å². The van der Waals surface area contributed by atoms with Crippen molar-refractivity contribution < 1.29 is 5.11 Å². The van der Waals surface area contributed by atoms with E-state index in [1.807, 2.05) is 17.5 Å². The Bertz CT molecular complexity index is 762. The zero-order chi connectivity index (χ0) is 15.8. The highest BCUT2D eigenvalue weighted by molar-refractivity contribution is 7.17. The average molecular weight is 330 g/mol. The highest BCUT2D eigenvalue weighted by atomic mass is 35.5. The summed E-state index contributed by atoms with van der Waals surface area (Å²) in [5, 5.41) is 20.8. The molecule has 0 fully saturated rings. The predicted molar refractivity (Wildman–Crippen MR) is 93.7 cm³/mol. The fourth-order valence-electron chi connectivity index (χ4n) is 2.06. The van der Waals surface area contributed by atoms with E-state index in [9.17, 15) is 5.11 Å². The molecule has 0 aliphatic carbocycles. The standard InChI is InChI=1S/C9H11Cl.C9H5NOS/c10-8-4-7-9-5-2-1-3-6-9;10-5-6-1-2-8(11)9-7(6)3-4-12-9/h1-3,5-6H,4,7-8H2;1-4,11H. The fourth-order valence-corrected chi connectivity index (χ4v) is 3.03. The third-order valence-corrected chi connectivity index (χ3v) is 4.36. The van der Waals surface area contributed by atoms with E-state index >= 15 is 0 Å². The second-order valence-corrected chi connectivity index (χ2v) is 5.98. The van der Waals surface area contributed by atoms with Crippen molar-refractivity contribution in [2.45, 2.75) is 12.8 Å². The van der Waals surface area contributed by atoms with Crippen LogP contribution in [0.15, 0.2) is 53.9 Å². The van der Waals surface area contributed by atoms with Crippen molar-refractivity contribution in [3.63, 3.8) is 0 Å². The van der Waals surface area contributed by atoms with Crippen molar-refractivity contribution >= 4 is 33.0 Å². The Kier molecular flexibility index (Phi) is 6.27. The van der Waals surface area contributed by atoms with E-state index in [0.717, 1.165) is 28.8 Å². The van der Waals surface area contributed by atoms with Gasteiger partial charge in [0.05, 0.1) is 16.3 Å². The summed E-state index contributed by atoms with van der Waals surface area (Å²) in [6.45, 7) is 0. The molecule has 2 aromatic carbocycles. The molecular formula is C18H16ClNOS. The summed E-state index contributed by atoms with van der Waals surface area (Å²) in [6.07, 6.45) is 2.18. The minimum atomic E-state index is 0.249. The fraction of sp³-hybridized carbons (Fsp3) is 0.167. The maximum absolute atomic E-state index is 9.38. The first-order valence-corrected chi connectivity index (χ1v) is 8.37. The molecule has 0 unspecified atom stereocenters. The minimum Gasteiger partial charge on any atom is -0.506 e. The number of nitriles is 1. The molecule has 1 heterocycles. The lowest BCUT2D eigenvalue weighted by molar-refractivity contribution is 0.482. The summed E-state index contributed by atoms with van der Waals surface area (Å²) in [5.74, 6) is 1.01. The summed E-state index contributed by atoms with van der Waals surface area (Å²) < 4.78 is 0.786. The average Bonchev–Trinajstić information content (AvgIpc) is 3.06.